The summed E-state index contributed by atoms with van der Waals surface area (Å²) in [6.45, 7) is 4.70. The molecule has 2 heterocycles. The molecule has 3 rings (SSSR count). The van der Waals surface area contributed by atoms with Gasteiger partial charge in [-0.3, -0.25) is 5.41 Å². The van der Waals surface area contributed by atoms with Crippen LogP contribution in [0, 0.1) is 11.2 Å². The van der Waals surface area contributed by atoms with Gasteiger partial charge >= 0.3 is 0 Å². The minimum Gasteiger partial charge on any atom is -0.482 e. The van der Waals surface area contributed by atoms with Gasteiger partial charge in [-0.15, -0.1) is 0 Å². The molecular formula is C22H26ClFN6O. The molecule has 0 amide bonds. The van der Waals surface area contributed by atoms with Crippen LogP contribution in [-0.2, 0) is 0 Å². The Balaban J connectivity index is 2.26. The average molecular weight is 445 g/mol. The highest BCUT2D eigenvalue weighted by atomic mass is 35.5. The lowest BCUT2D eigenvalue weighted by atomic mass is 10.0. The maximum atomic E-state index is 14.1. The quantitative estimate of drug-likeness (QED) is 0.452. The number of halogens is 2. The Morgan fingerprint density at radius 2 is 2.23 bits per heavy atom. The second kappa shape index (κ2) is 9.80. The number of hydrogen-bond acceptors (Lipinski definition) is 7. The second-order valence-electron chi connectivity index (χ2n) is 7.13. The molecule has 7 N–H and O–H groups in total. The Hall–Kier alpha value is -3.10. The van der Waals surface area contributed by atoms with Crippen molar-refractivity contribution >= 4 is 34.0 Å². The van der Waals surface area contributed by atoms with E-state index in [9.17, 15) is 4.39 Å². The number of nitrogens with zero attached hydrogens (tertiary/aromatic N) is 1. The largest absolute Gasteiger partial charge is 0.482 e. The Kier molecular flexibility index (Phi) is 7.14. The summed E-state index contributed by atoms with van der Waals surface area (Å²) < 4.78 is 20.1. The Morgan fingerprint density at radius 3 is 2.90 bits per heavy atom. The van der Waals surface area contributed by atoms with Crippen molar-refractivity contribution < 1.29 is 9.13 Å². The summed E-state index contributed by atoms with van der Waals surface area (Å²) in [6, 6.07) is 6.18. The van der Waals surface area contributed by atoms with Crippen LogP contribution in [0.5, 0.6) is 5.75 Å². The fraction of sp³-hybridized carbons (Fsp3) is 0.273. The lowest BCUT2D eigenvalue weighted by Gasteiger charge is -2.24. The van der Waals surface area contributed by atoms with Gasteiger partial charge in [0.1, 0.15) is 17.1 Å². The molecule has 0 fully saturated rings. The van der Waals surface area contributed by atoms with Gasteiger partial charge in [0, 0.05) is 53.9 Å². The molecule has 2 bridgehead atoms. The minimum atomic E-state index is -0.533. The number of hydrogen-bond donors (Lipinski definition) is 5. The van der Waals surface area contributed by atoms with Crippen LogP contribution in [-0.4, -0.2) is 23.2 Å². The summed E-state index contributed by atoms with van der Waals surface area (Å²) >= 11 is 5.87. The van der Waals surface area contributed by atoms with Crippen molar-refractivity contribution in [1.29, 1.82) is 5.41 Å². The number of pyridine rings is 1. The lowest BCUT2D eigenvalue weighted by molar-refractivity contribution is 0.227. The summed E-state index contributed by atoms with van der Waals surface area (Å²) in [6.07, 6.45) is 3.02. The molecule has 31 heavy (non-hydrogen) atoms. The highest BCUT2D eigenvalue weighted by Crippen LogP contribution is 2.34. The Morgan fingerprint density at radius 1 is 1.45 bits per heavy atom. The Labute approximate surface area is 185 Å². The van der Waals surface area contributed by atoms with Gasteiger partial charge in [0.2, 0.25) is 0 Å². The first-order valence-electron chi connectivity index (χ1n) is 9.92. The predicted molar refractivity (Wildman–Crippen MR) is 124 cm³/mol. The van der Waals surface area contributed by atoms with Crippen molar-refractivity contribution in [2.45, 2.75) is 26.4 Å². The number of nitrogens with one attached hydrogen (secondary N) is 3. The zero-order chi connectivity index (χ0) is 22.5. The van der Waals surface area contributed by atoms with Crippen molar-refractivity contribution in [3.63, 3.8) is 0 Å². The number of ether oxygens (including phenoxy) is 1. The van der Waals surface area contributed by atoms with Gasteiger partial charge in [-0.1, -0.05) is 11.6 Å². The maximum Gasteiger partial charge on any atom is 0.166 e. The van der Waals surface area contributed by atoms with Crippen molar-refractivity contribution in [2.24, 2.45) is 5.73 Å². The van der Waals surface area contributed by atoms with Crippen LogP contribution in [0.3, 0.4) is 0 Å². The highest BCUT2D eigenvalue weighted by molar-refractivity contribution is 6.67. The molecule has 164 valence electrons. The van der Waals surface area contributed by atoms with Gasteiger partial charge < -0.3 is 26.8 Å². The van der Waals surface area contributed by atoms with Crippen LogP contribution < -0.4 is 26.8 Å². The van der Waals surface area contributed by atoms with Gasteiger partial charge in [0.25, 0.3) is 0 Å². The van der Waals surface area contributed by atoms with Crippen LogP contribution in [0.1, 0.15) is 37.5 Å². The van der Waals surface area contributed by atoms with E-state index in [-0.39, 0.29) is 17.5 Å². The van der Waals surface area contributed by atoms with E-state index in [1.807, 2.05) is 6.92 Å². The van der Waals surface area contributed by atoms with Crippen LogP contribution >= 0.6 is 11.6 Å². The number of aromatic nitrogens is 1. The van der Waals surface area contributed by atoms with Crippen LogP contribution in [0.25, 0.3) is 5.70 Å². The van der Waals surface area contributed by atoms with Crippen LogP contribution in [0.15, 0.2) is 47.8 Å². The van der Waals surface area contributed by atoms with E-state index in [0.29, 0.717) is 35.7 Å². The molecule has 0 saturated heterocycles. The van der Waals surface area contributed by atoms with E-state index in [4.69, 9.17) is 33.2 Å². The topological polar surface area (TPSA) is 122 Å². The molecule has 1 aliphatic heterocycles. The fourth-order valence-electron chi connectivity index (χ4n) is 3.48. The summed E-state index contributed by atoms with van der Waals surface area (Å²) in [5.74, 6) is 0.237. The zero-order valence-corrected chi connectivity index (χ0v) is 18.2. The highest BCUT2D eigenvalue weighted by Gasteiger charge is 2.20. The zero-order valence-electron chi connectivity index (χ0n) is 17.4. The van der Waals surface area contributed by atoms with E-state index in [0.717, 1.165) is 16.8 Å². The second-order valence-corrected chi connectivity index (χ2v) is 7.54. The van der Waals surface area contributed by atoms with Crippen molar-refractivity contribution in [2.75, 3.05) is 24.1 Å². The summed E-state index contributed by atoms with van der Waals surface area (Å²) in [5, 5.41) is 14.2. The molecule has 0 saturated carbocycles. The van der Waals surface area contributed by atoms with Gasteiger partial charge in [0.15, 0.2) is 11.6 Å². The lowest BCUT2D eigenvalue weighted by Crippen LogP contribution is -2.20. The number of nitrogen functional groups attached to an aromatic ring is 1. The van der Waals surface area contributed by atoms with E-state index in [2.05, 4.69) is 15.6 Å². The number of benzene rings is 1. The molecule has 0 aliphatic carbocycles. The molecule has 1 atom stereocenters. The first kappa shape index (κ1) is 22.6. The van der Waals surface area contributed by atoms with E-state index < -0.39 is 11.9 Å². The minimum absolute atomic E-state index is 0.139. The number of allylic oxidation sites excluding steroid dienone is 2. The number of fused-ring (bicyclic) bond motifs is 3. The Bertz CT molecular complexity index is 1050. The van der Waals surface area contributed by atoms with Gasteiger partial charge in [-0.2, -0.15) is 0 Å². The maximum absolute atomic E-state index is 14.1. The smallest absolute Gasteiger partial charge is 0.166 e. The number of rotatable bonds is 4. The molecule has 1 aliphatic rings. The molecule has 1 unspecified atom stereocenters. The molecule has 0 spiro atoms. The van der Waals surface area contributed by atoms with Crippen molar-refractivity contribution in [1.82, 2.24) is 10.3 Å². The normalized spacial score (nSPS) is 20.0. The SMILES string of the molecule is CCN/C1=C(\CN)C/C(=C/C(=N)Cl)Nc2ccc(F)cc2C(C)Oc2cc1cnc2N. The van der Waals surface area contributed by atoms with Crippen molar-refractivity contribution in [3.8, 4) is 5.75 Å². The number of anilines is 2. The molecule has 0 radical (unpaired) electrons. The molecule has 1 aromatic heterocycles. The molecular weight excluding hydrogens is 419 g/mol. The van der Waals surface area contributed by atoms with Crippen LogP contribution in [0.4, 0.5) is 15.9 Å². The standard InChI is InChI=1S/C22H26ClFN6O/c1-3-28-21-13(10-25)6-16(9-20(23)26)30-18-5-4-15(24)8-17(18)12(2)31-19-7-14(21)11-29-22(19)27/h4-5,7-9,11-12,26,28,30H,3,6,10,25H2,1-2H3,(H2,27,29)/b16-9-,21-13-,26-20?. The third kappa shape index (κ3) is 5.34. The monoisotopic (exact) mass is 444 g/mol. The molecule has 2 aromatic rings. The van der Waals surface area contributed by atoms with Crippen LogP contribution in [0.2, 0.25) is 0 Å². The first-order chi connectivity index (χ1) is 14.8. The number of nitrogens with two attached hydrogens (primary N) is 2. The van der Waals surface area contributed by atoms with E-state index >= 15 is 0 Å². The summed E-state index contributed by atoms with van der Waals surface area (Å²) in [4.78, 5) is 4.28. The van der Waals surface area contributed by atoms with Crippen molar-refractivity contribution in [3.05, 3.63) is 64.8 Å². The fourth-order valence-corrected chi connectivity index (χ4v) is 3.61. The summed E-state index contributed by atoms with van der Waals surface area (Å²) in [7, 11) is 0. The third-order valence-corrected chi connectivity index (χ3v) is 4.99. The predicted octanol–water partition coefficient (Wildman–Crippen LogP) is 4.14. The first-order valence-corrected chi connectivity index (χ1v) is 10.3. The van der Waals surface area contributed by atoms with E-state index in [1.165, 1.54) is 18.2 Å². The van der Waals surface area contributed by atoms with E-state index in [1.54, 1.807) is 25.3 Å². The van der Waals surface area contributed by atoms with Gasteiger partial charge in [-0.25, -0.2) is 9.37 Å². The van der Waals surface area contributed by atoms with Gasteiger partial charge in [-0.05, 0) is 49.8 Å². The van der Waals surface area contributed by atoms with Gasteiger partial charge in [0.05, 0.1) is 0 Å². The average Bonchev–Trinajstić information content (AvgIpc) is 2.72. The molecule has 7 nitrogen and oxygen atoms in total. The molecule has 9 heteroatoms. The summed E-state index contributed by atoms with van der Waals surface area (Å²) in [5.41, 5.74) is 16.5. The third-order valence-electron chi connectivity index (χ3n) is 4.88. The molecule has 1 aromatic carbocycles.